The first-order valence-electron chi connectivity index (χ1n) is 10.7. The van der Waals surface area contributed by atoms with Crippen LogP contribution in [0.15, 0.2) is 41.0 Å². The van der Waals surface area contributed by atoms with Gasteiger partial charge in [-0.2, -0.15) is 5.10 Å². The monoisotopic (exact) mass is 503 g/mol. The third-order valence-electron chi connectivity index (χ3n) is 5.51. The third kappa shape index (κ3) is 4.46. The van der Waals surface area contributed by atoms with E-state index in [-0.39, 0.29) is 18.0 Å². The van der Waals surface area contributed by atoms with E-state index in [1.807, 2.05) is 43.7 Å². The summed E-state index contributed by atoms with van der Waals surface area (Å²) in [4.78, 5) is 14.3. The van der Waals surface area contributed by atoms with E-state index in [0.29, 0.717) is 30.0 Å². The van der Waals surface area contributed by atoms with E-state index in [1.165, 1.54) is 13.2 Å². The average Bonchev–Trinajstić information content (AvgIpc) is 3.08. The predicted molar refractivity (Wildman–Crippen MR) is 125 cm³/mol. The van der Waals surface area contributed by atoms with Crippen molar-refractivity contribution in [1.82, 2.24) is 14.7 Å². The molecular weight excluding hydrogens is 477 g/mol. The highest BCUT2D eigenvalue weighted by molar-refractivity contribution is 9.10. The van der Waals surface area contributed by atoms with Crippen LogP contribution < -0.4 is 4.74 Å². The second-order valence-electron chi connectivity index (χ2n) is 9.01. The molecule has 4 rings (SSSR count). The molecule has 0 bridgehead atoms. The van der Waals surface area contributed by atoms with E-state index in [4.69, 9.17) is 14.6 Å². The molecule has 170 valence electrons. The van der Waals surface area contributed by atoms with Crippen molar-refractivity contribution in [3.8, 4) is 16.9 Å². The number of methoxy groups -OCH3 is 1. The molecule has 1 amide bonds. The topological polar surface area (TPSA) is 56.6 Å². The number of benzene rings is 2. The Morgan fingerprint density at radius 3 is 2.75 bits per heavy atom. The highest BCUT2D eigenvalue weighted by Crippen LogP contribution is 2.37. The van der Waals surface area contributed by atoms with Crippen LogP contribution >= 0.6 is 15.9 Å². The number of fused-ring (bicyclic) bond motifs is 1. The first-order valence-corrected chi connectivity index (χ1v) is 11.5. The largest absolute Gasteiger partial charge is 0.496 e. The summed E-state index contributed by atoms with van der Waals surface area (Å²) in [6, 6.07) is 10.5. The maximum absolute atomic E-state index is 14.6. The molecule has 3 aromatic rings. The number of nitrogens with zero attached hydrogens (tertiary/aromatic N) is 3. The van der Waals surface area contributed by atoms with Gasteiger partial charge in [0.15, 0.2) is 0 Å². The van der Waals surface area contributed by atoms with Crippen LogP contribution in [-0.2, 0) is 4.74 Å². The van der Waals surface area contributed by atoms with E-state index in [0.717, 1.165) is 28.3 Å². The molecule has 1 atom stereocenters. The number of amides is 1. The minimum absolute atomic E-state index is 0.0180. The molecule has 2 aromatic carbocycles. The Morgan fingerprint density at radius 2 is 2.03 bits per heavy atom. The summed E-state index contributed by atoms with van der Waals surface area (Å²) >= 11 is 3.69. The highest BCUT2D eigenvalue weighted by Gasteiger charge is 2.30. The molecular formula is C24H27BrFN3O3. The maximum Gasteiger partial charge on any atom is 0.410 e. The van der Waals surface area contributed by atoms with Gasteiger partial charge in [0.1, 0.15) is 21.8 Å². The zero-order valence-electron chi connectivity index (χ0n) is 18.7. The van der Waals surface area contributed by atoms with Crippen molar-refractivity contribution in [2.75, 3.05) is 20.2 Å². The number of halogens is 2. The van der Waals surface area contributed by atoms with E-state index >= 15 is 0 Å². The van der Waals surface area contributed by atoms with Crippen LogP contribution in [0, 0.1) is 5.82 Å². The molecule has 6 nitrogen and oxygen atoms in total. The predicted octanol–water partition coefficient (Wildman–Crippen LogP) is 6.19. The maximum atomic E-state index is 14.6. The average molecular weight is 504 g/mol. The minimum Gasteiger partial charge on any atom is -0.496 e. The quantitative estimate of drug-likeness (QED) is 0.427. The summed E-state index contributed by atoms with van der Waals surface area (Å²) in [5.74, 6) is 0.139. The van der Waals surface area contributed by atoms with Crippen LogP contribution in [0.2, 0.25) is 0 Å². The summed E-state index contributed by atoms with van der Waals surface area (Å²) in [6.07, 6.45) is 1.47. The van der Waals surface area contributed by atoms with Crippen molar-refractivity contribution < 1.29 is 18.7 Å². The molecule has 1 aliphatic rings. The van der Waals surface area contributed by atoms with E-state index in [9.17, 15) is 9.18 Å². The van der Waals surface area contributed by atoms with Crippen LogP contribution in [0.1, 0.15) is 39.7 Å². The summed E-state index contributed by atoms with van der Waals surface area (Å²) in [5.41, 5.74) is 1.40. The zero-order valence-corrected chi connectivity index (χ0v) is 20.3. The normalized spacial score (nSPS) is 16.9. The number of carbonyl (C=O) groups is 1. The lowest BCUT2D eigenvalue weighted by Crippen LogP contribution is -2.43. The molecule has 1 saturated heterocycles. The van der Waals surface area contributed by atoms with Gasteiger partial charge in [0.25, 0.3) is 0 Å². The molecule has 1 unspecified atom stereocenters. The van der Waals surface area contributed by atoms with Gasteiger partial charge < -0.3 is 14.4 Å². The van der Waals surface area contributed by atoms with Crippen LogP contribution in [-0.4, -0.2) is 46.6 Å². The van der Waals surface area contributed by atoms with Crippen LogP contribution in [0.4, 0.5) is 9.18 Å². The van der Waals surface area contributed by atoms with Crippen LogP contribution in [0.3, 0.4) is 0 Å². The number of aromatic nitrogens is 2. The van der Waals surface area contributed by atoms with Crippen molar-refractivity contribution in [3.05, 3.63) is 46.8 Å². The van der Waals surface area contributed by atoms with E-state index < -0.39 is 5.60 Å². The smallest absolute Gasteiger partial charge is 0.410 e. The molecule has 0 saturated carbocycles. The van der Waals surface area contributed by atoms with Gasteiger partial charge in [-0.1, -0.05) is 12.1 Å². The number of piperidine rings is 1. The van der Waals surface area contributed by atoms with Gasteiger partial charge >= 0.3 is 6.09 Å². The second kappa shape index (κ2) is 8.73. The molecule has 0 radical (unpaired) electrons. The molecule has 1 fully saturated rings. The number of rotatable bonds is 3. The lowest BCUT2D eigenvalue weighted by molar-refractivity contribution is 0.0166. The van der Waals surface area contributed by atoms with Gasteiger partial charge in [-0.25, -0.2) is 9.18 Å². The summed E-state index contributed by atoms with van der Waals surface area (Å²) in [6.45, 7) is 6.79. The van der Waals surface area contributed by atoms with Crippen molar-refractivity contribution >= 4 is 32.9 Å². The molecule has 1 aromatic heterocycles. The fraction of sp³-hybridized carbons (Fsp3) is 0.417. The standard InChI is InChI=1S/C24H27BrFN3O3/c1-24(2,3)32-23(30)28-12-6-7-16(14-28)29-22(25)17-13-15(10-11-19(17)27-29)21-18(26)8-5-9-20(21)31-4/h5,8-11,13,16H,6-7,12,14H2,1-4H3. The molecule has 32 heavy (non-hydrogen) atoms. The molecule has 2 heterocycles. The first-order chi connectivity index (χ1) is 15.2. The van der Waals surface area contributed by atoms with E-state index in [2.05, 4.69) is 15.9 Å². The number of carbonyl (C=O) groups excluding carboxylic acids is 1. The zero-order chi connectivity index (χ0) is 23.0. The van der Waals surface area contributed by atoms with Gasteiger partial charge in [0, 0.05) is 18.5 Å². The van der Waals surface area contributed by atoms with Gasteiger partial charge in [-0.05, 0) is 79.4 Å². The number of ether oxygens (including phenoxy) is 2. The van der Waals surface area contributed by atoms with Gasteiger partial charge in [-0.15, -0.1) is 0 Å². The number of likely N-dealkylation sites (tertiary alicyclic amines) is 1. The molecule has 0 N–H and O–H groups in total. The molecule has 0 aliphatic carbocycles. The van der Waals surface area contributed by atoms with Crippen molar-refractivity contribution in [2.24, 2.45) is 0 Å². The lowest BCUT2D eigenvalue weighted by Gasteiger charge is -2.34. The second-order valence-corrected chi connectivity index (χ2v) is 9.76. The Balaban J connectivity index is 1.65. The number of hydrogen-bond acceptors (Lipinski definition) is 4. The Hall–Kier alpha value is -2.61. The van der Waals surface area contributed by atoms with Crippen molar-refractivity contribution in [2.45, 2.75) is 45.3 Å². The summed E-state index contributed by atoms with van der Waals surface area (Å²) in [5, 5.41) is 5.65. The fourth-order valence-electron chi connectivity index (χ4n) is 4.07. The highest BCUT2D eigenvalue weighted by atomic mass is 79.9. The van der Waals surface area contributed by atoms with Gasteiger partial charge in [-0.3, -0.25) is 4.68 Å². The molecule has 8 heteroatoms. The van der Waals surface area contributed by atoms with Gasteiger partial charge in [0.05, 0.1) is 24.2 Å². The Labute approximate surface area is 195 Å². The van der Waals surface area contributed by atoms with Crippen molar-refractivity contribution in [3.63, 3.8) is 0 Å². The molecule has 1 aliphatic heterocycles. The van der Waals surface area contributed by atoms with Crippen molar-refractivity contribution in [1.29, 1.82) is 0 Å². The molecule has 0 spiro atoms. The lowest BCUT2D eigenvalue weighted by atomic mass is 10.0. The SMILES string of the molecule is COc1cccc(F)c1-c1ccc2nn(C3CCCN(C(=O)OC(C)(C)C)C3)c(Br)c2c1. The summed E-state index contributed by atoms with van der Waals surface area (Å²) in [7, 11) is 1.53. The van der Waals surface area contributed by atoms with E-state index in [1.54, 1.807) is 17.0 Å². The Morgan fingerprint density at radius 1 is 1.25 bits per heavy atom. The van der Waals surface area contributed by atoms with Crippen LogP contribution in [0.25, 0.3) is 22.0 Å². The fourth-order valence-corrected chi connectivity index (χ4v) is 4.76. The third-order valence-corrected chi connectivity index (χ3v) is 6.30. The van der Waals surface area contributed by atoms with Crippen LogP contribution in [0.5, 0.6) is 5.75 Å². The number of hydrogen-bond donors (Lipinski definition) is 0. The Bertz CT molecular complexity index is 1160. The summed E-state index contributed by atoms with van der Waals surface area (Å²) < 4.78 is 28.2. The Kier molecular flexibility index (Phi) is 6.16. The van der Waals surface area contributed by atoms with Gasteiger partial charge in [0.2, 0.25) is 0 Å². The first kappa shape index (κ1) is 22.6. The minimum atomic E-state index is -0.533.